The molecular formula is C8H15ClN2O2. The van der Waals surface area contributed by atoms with Crippen molar-refractivity contribution in [3.8, 4) is 0 Å². The fourth-order valence-electron chi connectivity index (χ4n) is 1.10. The van der Waals surface area contributed by atoms with Crippen molar-refractivity contribution < 1.29 is 9.53 Å². The number of nitrogens with two attached hydrogens (primary N) is 1. The zero-order valence-corrected chi connectivity index (χ0v) is 8.63. The number of carbonyl (C=O) groups is 1. The van der Waals surface area contributed by atoms with Gasteiger partial charge in [0.05, 0.1) is 11.9 Å². The molecule has 1 aliphatic heterocycles. The molecule has 1 atom stereocenters. The van der Waals surface area contributed by atoms with Crippen LogP contribution in [0.1, 0.15) is 26.7 Å². The largest absolute Gasteiger partial charge is 0.461 e. The van der Waals surface area contributed by atoms with Crippen LogP contribution in [-0.2, 0) is 9.53 Å². The summed E-state index contributed by atoms with van der Waals surface area (Å²) in [5.74, 6) is 0.297. The second-order valence-electron chi connectivity index (χ2n) is 3.16. The first kappa shape index (κ1) is 12.2. The number of rotatable bonds is 2. The van der Waals surface area contributed by atoms with Gasteiger partial charge in [-0.05, 0) is 20.3 Å². The number of carbonyl (C=O) groups excluding carboxylic acids is 1. The van der Waals surface area contributed by atoms with E-state index in [0.29, 0.717) is 18.7 Å². The van der Waals surface area contributed by atoms with Gasteiger partial charge in [0.15, 0.2) is 0 Å². The van der Waals surface area contributed by atoms with Crippen molar-refractivity contribution in [2.24, 2.45) is 10.7 Å². The van der Waals surface area contributed by atoms with E-state index < -0.39 is 0 Å². The molecule has 0 unspecified atom stereocenters. The minimum Gasteiger partial charge on any atom is -0.461 e. The maximum absolute atomic E-state index is 11.2. The number of halogens is 1. The third-order valence-corrected chi connectivity index (χ3v) is 1.62. The number of hydrogen-bond acceptors (Lipinski definition) is 4. The summed E-state index contributed by atoms with van der Waals surface area (Å²) in [7, 11) is 0. The Labute approximate surface area is 84.0 Å². The Morgan fingerprint density at radius 1 is 1.69 bits per heavy atom. The predicted octanol–water partition coefficient (Wildman–Crippen LogP) is 0.879. The molecule has 1 aliphatic rings. The van der Waals surface area contributed by atoms with Gasteiger partial charge in [-0.2, -0.15) is 0 Å². The highest BCUT2D eigenvalue weighted by Crippen LogP contribution is 2.12. The molecule has 1 heterocycles. The van der Waals surface area contributed by atoms with Gasteiger partial charge in [-0.3, -0.25) is 4.99 Å². The Kier molecular flexibility index (Phi) is 4.77. The Morgan fingerprint density at radius 2 is 2.31 bits per heavy atom. The molecule has 0 saturated carbocycles. The highest BCUT2D eigenvalue weighted by Gasteiger charge is 2.24. The minimum atomic E-state index is -0.354. The third-order valence-electron chi connectivity index (χ3n) is 1.62. The zero-order chi connectivity index (χ0) is 9.14. The van der Waals surface area contributed by atoms with Gasteiger partial charge in [0.2, 0.25) is 0 Å². The second kappa shape index (κ2) is 5.07. The Bertz CT molecular complexity index is 216. The van der Waals surface area contributed by atoms with Crippen molar-refractivity contribution >= 4 is 24.2 Å². The van der Waals surface area contributed by atoms with E-state index in [4.69, 9.17) is 10.5 Å². The lowest BCUT2D eigenvalue weighted by Crippen LogP contribution is -2.22. The second-order valence-corrected chi connectivity index (χ2v) is 3.16. The van der Waals surface area contributed by atoms with E-state index in [1.807, 2.05) is 13.8 Å². The van der Waals surface area contributed by atoms with Gasteiger partial charge < -0.3 is 10.5 Å². The average Bonchev–Trinajstić information content (AvgIpc) is 2.34. The van der Waals surface area contributed by atoms with Crippen molar-refractivity contribution in [2.45, 2.75) is 38.8 Å². The first-order valence-electron chi connectivity index (χ1n) is 4.12. The summed E-state index contributed by atoms with van der Waals surface area (Å²) < 4.78 is 4.98. The van der Waals surface area contributed by atoms with Gasteiger partial charge in [0.25, 0.3) is 0 Å². The Hall–Kier alpha value is -0.770. The lowest BCUT2D eigenvalue weighted by Gasteiger charge is -2.10. The summed E-state index contributed by atoms with van der Waals surface area (Å²) in [6.07, 6.45) is 1.32. The molecule has 2 N–H and O–H groups in total. The lowest BCUT2D eigenvalue weighted by molar-refractivity contribution is -0.148. The SMILES string of the molecule is CC(C)OC(=O)[C@@H]1CCC(N)=N1.Cl. The van der Waals surface area contributed by atoms with Gasteiger partial charge in [-0.15, -0.1) is 12.4 Å². The van der Waals surface area contributed by atoms with Gasteiger partial charge >= 0.3 is 5.97 Å². The maximum atomic E-state index is 11.2. The third kappa shape index (κ3) is 3.63. The number of esters is 1. The van der Waals surface area contributed by atoms with E-state index >= 15 is 0 Å². The van der Waals surface area contributed by atoms with Crippen LogP contribution in [0.15, 0.2) is 4.99 Å². The van der Waals surface area contributed by atoms with E-state index in [9.17, 15) is 4.79 Å². The van der Waals surface area contributed by atoms with Crippen molar-refractivity contribution in [3.63, 3.8) is 0 Å². The van der Waals surface area contributed by atoms with Crippen molar-refractivity contribution in [3.05, 3.63) is 0 Å². The van der Waals surface area contributed by atoms with E-state index in [1.165, 1.54) is 0 Å². The molecule has 0 spiro atoms. The first-order chi connectivity index (χ1) is 5.59. The molecule has 0 saturated heterocycles. The van der Waals surface area contributed by atoms with Crippen molar-refractivity contribution in [1.29, 1.82) is 0 Å². The lowest BCUT2D eigenvalue weighted by atomic mass is 10.2. The van der Waals surface area contributed by atoms with Crippen LogP contribution in [0.4, 0.5) is 0 Å². The van der Waals surface area contributed by atoms with E-state index in [-0.39, 0.29) is 30.5 Å². The normalized spacial score (nSPS) is 20.8. The molecule has 0 aromatic carbocycles. The van der Waals surface area contributed by atoms with Crippen LogP contribution in [-0.4, -0.2) is 24.0 Å². The van der Waals surface area contributed by atoms with Gasteiger partial charge in [0.1, 0.15) is 6.04 Å². The molecule has 13 heavy (non-hydrogen) atoms. The van der Waals surface area contributed by atoms with Crippen LogP contribution in [0, 0.1) is 0 Å². The number of aliphatic imine (C=N–C) groups is 1. The highest BCUT2D eigenvalue weighted by atomic mass is 35.5. The Balaban J connectivity index is 0.00000144. The van der Waals surface area contributed by atoms with Crippen LogP contribution in [0.3, 0.4) is 0 Å². The smallest absolute Gasteiger partial charge is 0.331 e. The summed E-state index contributed by atoms with van der Waals surface area (Å²) in [4.78, 5) is 15.2. The predicted molar refractivity (Wildman–Crippen MR) is 53.1 cm³/mol. The van der Waals surface area contributed by atoms with Crippen LogP contribution in [0.25, 0.3) is 0 Å². The Morgan fingerprint density at radius 3 is 2.69 bits per heavy atom. The van der Waals surface area contributed by atoms with Crippen LogP contribution < -0.4 is 5.73 Å². The fraction of sp³-hybridized carbons (Fsp3) is 0.750. The molecule has 1 rings (SSSR count). The molecule has 4 nitrogen and oxygen atoms in total. The molecule has 0 aromatic heterocycles. The van der Waals surface area contributed by atoms with Crippen molar-refractivity contribution in [1.82, 2.24) is 0 Å². The molecule has 76 valence electrons. The van der Waals surface area contributed by atoms with Crippen LogP contribution in [0.5, 0.6) is 0 Å². The zero-order valence-electron chi connectivity index (χ0n) is 7.82. The standard InChI is InChI=1S/C8H14N2O2.ClH/c1-5(2)12-8(11)6-3-4-7(9)10-6;/h5-6H,3-4H2,1-2H3,(H2,9,10);1H/t6-;/m0./s1. The topological polar surface area (TPSA) is 64.7 Å². The number of nitrogens with zero attached hydrogens (tertiary/aromatic N) is 1. The molecule has 0 fully saturated rings. The molecular weight excluding hydrogens is 192 g/mol. The molecule has 0 bridgehead atoms. The van der Waals surface area contributed by atoms with E-state index in [0.717, 1.165) is 0 Å². The van der Waals surface area contributed by atoms with Crippen LogP contribution in [0.2, 0.25) is 0 Å². The molecule has 0 amide bonds. The fourth-order valence-corrected chi connectivity index (χ4v) is 1.10. The summed E-state index contributed by atoms with van der Waals surface area (Å²) in [5, 5.41) is 0. The molecule has 0 aromatic rings. The minimum absolute atomic E-state index is 0. The average molecular weight is 207 g/mol. The molecule has 5 heteroatoms. The van der Waals surface area contributed by atoms with E-state index in [1.54, 1.807) is 0 Å². The number of amidine groups is 1. The number of ether oxygens (including phenoxy) is 1. The van der Waals surface area contributed by atoms with E-state index in [2.05, 4.69) is 4.99 Å². The van der Waals surface area contributed by atoms with Crippen LogP contribution >= 0.6 is 12.4 Å². The van der Waals surface area contributed by atoms with Gasteiger partial charge in [0, 0.05) is 6.42 Å². The summed E-state index contributed by atoms with van der Waals surface area (Å²) in [6, 6.07) is -0.354. The number of hydrogen-bond donors (Lipinski definition) is 1. The van der Waals surface area contributed by atoms with Crippen molar-refractivity contribution in [2.75, 3.05) is 0 Å². The first-order valence-corrected chi connectivity index (χ1v) is 4.12. The quantitative estimate of drug-likeness (QED) is 0.683. The summed E-state index contributed by atoms with van der Waals surface area (Å²) >= 11 is 0. The summed E-state index contributed by atoms with van der Waals surface area (Å²) in [6.45, 7) is 3.64. The highest BCUT2D eigenvalue weighted by molar-refractivity contribution is 5.88. The van der Waals surface area contributed by atoms with Gasteiger partial charge in [-0.1, -0.05) is 0 Å². The molecule has 0 radical (unpaired) electrons. The monoisotopic (exact) mass is 206 g/mol. The summed E-state index contributed by atoms with van der Waals surface area (Å²) in [5.41, 5.74) is 5.44. The maximum Gasteiger partial charge on any atom is 0.331 e. The molecule has 0 aliphatic carbocycles. The van der Waals surface area contributed by atoms with Gasteiger partial charge in [-0.25, -0.2) is 4.79 Å².